The van der Waals surface area contributed by atoms with Crippen molar-refractivity contribution in [2.24, 2.45) is 5.10 Å². The van der Waals surface area contributed by atoms with Crippen LogP contribution in [0.5, 0.6) is 0 Å². The van der Waals surface area contributed by atoms with Crippen LogP contribution in [0.3, 0.4) is 0 Å². The van der Waals surface area contributed by atoms with Crippen LogP contribution < -0.4 is 0 Å². The highest BCUT2D eigenvalue weighted by Crippen LogP contribution is 2.29. The van der Waals surface area contributed by atoms with Gasteiger partial charge in [-0.15, -0.1) is 0 Å². The highest BCUT2D eigenvalue weighted by atomic mass is 32.2. The third-order valence-electron chi connectivity index (χ3n) is 4.62. The predicted octanol–water partition coefficient (Wildman–Crippen LogP) is 4.30. The van der Waals surface area contributed by atoms with Crippen molar-refractivity contribution in [2.75, 3.05) is 5.75 Å². The molecule has 5 nitrogen and oxygen atoms in total. The van der Waals surface area contributed by atoms with E-state index in [0.29, 0.717) is 5.16 Å². The first-order valence-electron chi connectivity index (χ1n) is 8.89. The van der Waals surface area contributed by atoms with E-state index in [-0.39, 0.29) is 17.7 Å². The number of hydrogen-bond donors (Lipinski definition) is 0. The van der Waals surface area contributed by atoms with Crippen molar-refractivity contribution in [3.05, 3.63) is 65.4 Å². The summed E-state index contributed by atoms with van der Waals surface area (Å²) < 4.78 is 0. The third kappa shape index (κ3) is 3.71. The number of fused-ring (bicyclic) bond motifs is 1. The molecule has 2 aromatic carbocycles. The van der Waals surface area contributed by atoms with Crippen LogP contribution in [0.4, 0.5) is 0 Å². The summed E-state index contributed by atoms with van der Waals surface area (Å²) in [6.45, 7) is 4.03. The molecule has 1 aliphatic heterocycles. The van der Waals surface area contributed by atoms with Crippen LogP contribution in [0.1, 0.15) is 29.3 Å². The van der Waals surface area contributed by atoms with Crippen molar-refractivity contribution in [3.8, 4) is 0 Å². The van der Waals surface area contributed by atoms with Crippen LogP contribution >= 0.6 is 11.8 Å². The van der Waals surface area contributed by atoms with Crippen LogP contribution in [0, 0.1) is 13.8 Å². The monoisotopic (exact) mass is 376 g/mol. The number of aryl methyl sites for hydroxylation is 2. The number of benzene rings is 2. The largest absolute Gasteiger partial charge is 0.272 e. The van der Waals surface area contributed by atoms with Crippen molar-refractivity contribution < 1.29 is 4.79 Å². The van der Waals surface area contributed by atoms with Gasteiger partial charge in [-0.05, 0) is 31.5 Å². The molecule has 0 aliphatic carbocycles. The summed E-state index contributed by atoms with van der Waals surface area (Å²) in [5, 5.41) is 7.55. The highest BCUT2D eigenvalue weighted by Gasteiger charge is 2.28. The Balaban J connectivity index is 1.48. The molecule has 2 heterocycles. The van der Waals surface area contributed by atoms with Crippen molar-refractivity contribution >= 4 is 34.8 Å². The zero-order chi connectivity index (χ0) is 18.8. The van der Waals surface area contributed by atoms with Crippen LogP contribution in [-0.2, 0) is 4.79 Å². The van der Waals surface area contributed by atoms with E-state index < -0.39 is 0 Å². The van der Waals surface area contributed by atoms with E-state index in [1.54, 1.807) is 11.2 Å². The van der Waals surface area contributed by atoms with Crippen LogP contribution in [0.25, 0.3) is 10.9 Å². The minimum absolute atomic E-state index is 0.0264. The van der Waals surface area contributed by atoms with Gasteiger partial charge in [0.2, 0.25) is 0 Å². The van der Waals surface area contributed by atoms with Gasteiger partial charge in [0.15, 0.2) is 5.16 Å². The Kier molecular flexibility index (Phi) is 4.90. The molecule has 1 aliphatic rings. The lowest BCUT2D eigenvalue weighted by Gasteiger charge is -2.22. The maximum atomic E-state index is 12.7. The first kappa shape index (κ1) is 17.7. The average Bonchev–Trinajstić information content (AvgIpc) is 3.17. The number of nitrogens with zero attached hydrogens (tertiary/aromatic N) is 4. The molecule has 4 rings (SSSR count). The van der Waals surface area contributed by atoms with Gasteiger partial charge < -0.3 is 0 Å². The molecule has 3 aromatic rings. The molecule has 1 amide bonds. The Morgan fingerprint density at radius 2 is 1.96 bits per heavy atom. The van der Waals surface area contributed by atoms with Crippen LogP contribution in [0.15, 0.2) is 58.8 Å². The van der Waals surface area contributed by atoms with Gasteiger partial charge >= 0.3 is 0 Å². The van der Waals surface area contributed by atoms with Gasteiger partial charge in [0, 0.05) is 23.7 Å². The molecule has 0 N–H and O–H groups in total. The summed E-state index contributed by atoms with van der Waals surface area (Å²) in [7, 11) is 0. The fraction of sp³-hybridized carbons (Fsp3) is 0.238. The molecule has 0 fully saturated rings. The maximum Gasteiger partial charge on any atom is 0.253 e. The number of rotatable bonds is 4. The average molecular weight is 376 g/mol. The number of thioether (sulfide) groups is 1. The Morgan fingerprint density at radius 1 is 1.15 bits per heavy atom. The summed E-state index contributed by atoms with van der Waals surface area (Å²) >= 11 is 1.36. The molecular formula is C21H20N4OS. The smallest absolute Gasteiger partial charge is 0.253 e. The third-order valence-corrected chi connectivity index (χ3v) is 5.45. The molecule has 0 saturated heterocycles. The number of hydrazone groups is 1. The van der Waals surface area contributed by atoms with Crippen molar-refractivity contribution in [2.45, 2.75) is 31.5 Å². The Labute approximate surface area is 162 Å². The first-order valence-corrected chi connectivity index (χ1v) is 9.87. The van der Waals surface area contributed by atoms with E-state index in [9.17, 15) is 4.79 Å². The van der Waals surface area contributed by atoms with Gasteiger partial charge in [0.1, 0.15) is 0 Å². The van der Waals surface area contributed by atoms with Gasteiger partial charge in [-0.3, -0.25) is 4.79 Å². The van der Waals surface area contributed by atoms with Crippen LogP contribution in [-0.4, -0.2) is 32.9 Å². The molecule has 1 aromatic heterocycles. The molecule has 6 heteroatoms. The standard InChI is InChI=1S/C21H20N4OS/c1-14-8-9-18-17(12-14)15(2)23-21(24-18)27-13-20(26)25-19(10-11-22-25)16-6-4-3-5-7-16/h3-9,11-12,19H,10,13H2,1-2H3. The fourth-order valence-electron chi connectivity index (χ4n) is 3.23. The van der Waals surface area contributed by atoms with E-state index in [4.69, 9.17) is 0 Å². The summed E-state index contributed by atoms with van der Waals surface area (Å²) in [5.41, 5.74) is 4.12. The normalized spacial score (nSPS) is 16.2. The number of carbonyl (C=O) groups excluding carboxylic acids is 1. The van der Waals surface area contributed by atoms with E-state index in [1.807, 2.05) is 49.4 Å². The first-order chi connectivity index (χ1) is 13.1. The number of hydrogen-bond acceptors (Lipinski definition) is 5. The second-order valence-electron chi connectivity index (χ2n) is 6.60. The molecule has 1 atom stereocenters. The van der Waals surface area contributed by atoms with Crippen molar-refractivity contribution in [3.63, 3.8) is 0 Å². The van der Waals surface area contributed by atoms with Crippen molar-refractivity contribution in [1.82, 2.24) is 15.0 Å². The zero-order valence-corrected chi connectivity index (χ0v) is 16.1. The second kappa shape index (κ2) is 7.48. The van der Waals surface area contributed by atoms with Gasteiger partial charge in [-0.25, -0.2) is 15.0 Å². The van der Waals surface area contributed by atoms with Gasteiger partial charge in [0.05, 0.1) is 17.3 Å². The molecule has 0 saturated carbocycles. The number of carbonyl (C=O) groups is 1. The van der Waals surface area contributed by atoms with E-state index in [1.165, 1.54) is 17.3 Å². The molecule has 1 unspecified atom stereocenters. The minimum Gasteiger partial charge on any atom is -0.272 e. The SMILES string of the molecule is Cc1ccc2nc(SCC(=O)N3N=CCC3c3ccccc3)nc(C)c2c1. The van der Waals surface area contributed by atoms with E-state index >= 15 is 0 Å². The summed E-state index contributed by atoms with van der Waals surface area (Å²) in [5.74, 6) is 0.227. The summed E-state index contributed by atoms with van der Waals surface area (Å²) in [4.78, 5) is 21.9. The Bertz CT molecular complexity index is 1020. The lowest BCUT2D eigenvalue weighted by Crippen LogP contribution is -2.28. The van der Waals surface area contributed by atoms with Gasteiger partial charge in [-0.1, -0.05) is 53.7 Å². The number of aromatic nitrogens is 2. The van der Waals surface area contributed by atoms with Gasteiger partial charge in [-0.2, -0.15) is 5.10 Å². The molecule has 0 radical (unpaired) electrons. The summed E-state index contributed by atoms with van der Waals surface area (Å²) in [6.07, 6.45) is 2.55. The van der Waals surface area contributed by atoms with E-state index in [0.717, 1.165) is 28.6 Å². The maximum absolute atomic E-state index is 12.7. The van der Waals surface area contributed by atoms with Gasteiger partial charge in [0.25, 0.3) is 5.91 Å². The topological polar surface area (TPSA) is 58.5 Å². The zero-order valence-electron chi connectivity index (χ0n) is 15.3. The molecule has 0 bridgehead atoms. The highest BCUT2D eigenvalue weighted by molar-refractivity contribution is 7.99. The Morgan fingerprint density at radius 3 is 2.78 bits per heavy atom. The lowest BCUT2D eigenvalue weighted by molar-refractivity contribution is -0.130. The second-order valence-corrected chi connectivity index (χ2v) is 7.54. The number of amides is 1. The molecule has 0 spiro atoms. The minimum atomic E-state index is -0.0344. The fourth-order valence-corrected chi connectivity index (χ4v) is 3.98. The van der Waals surface area contributed by atoms with E-state index in [2.05, 4.69) is 28.1 Å². The lowest BCUT2D eigenvalue weighted by atomic mass is 10.0. The van der Waals surface area contributed by atoms with Crippen molar-refractivity contribution in [1.29, 1.82) is 0 Å². The summed E-state index contributed by atoms with van der Waals surface area (Å²) in [6, 6.07) is 16.1. The Hall–Kier alpha value is -2.73. The predicted molar refractivity (Wildman–Crippen MR) is 109 cm³/mol. The molecule has 136 valence electrons. The quantitative estimate of drug-likeness (QED) is 0.503. The van der Waals surface area contributed by atoms with Crippen LogP contribution in [0.2, 0.25) is 0 Å². The molecular weight excluding hydrogens is 356 g/mol. The molecule has 27 heavy (non-hydrogen) atoms.